The Morgan fingerprint density at radius 3 is 2.26 bits per heavy atom. The van der Waals surface area contributed by atoms with Gasteiger partial charge in [0.15, 0.2) is 0 Å². The van der Waals surface area contributed by atoms with Crippen LogP contribution < -0.4 is 4.74 Å². The maximum Gasteiger partial charge on any atom is 0.349 e. The third-order valence-corrected chi connectivity index (χ3v) is 3.70. The molecule has 0 aliphatic rings. The summed E-state index contributed by atoms with van der Waals surface area (Å²) in [6, 6.07) is 27.8. The highest BCUT2D eigenvalue weighted by atomic mass is 16.5. The number of hydrogen-bond donors (Lipinski definition) is 0. The second kappa shape index (κ2) is 9.02. The van der Waals surface area contributed by atoms with Crippen LogP contribution in [0.2, 0.25) is 0 Å². The molecule has 0 aliphatic heterocycles. The lowest BCUT2D eigenvalue weighted by Gasteiger charge is -2.08. The van der Waals surface area contributed by atoms with Crippen molar-refractivity contribution in [2.45, 2.75) is 6.61 Å². The van der Waals surface area contributed by atoms with E-state index in [9.17, 15) is 10.1 Å². The summed E-state index contributed by atoms with van der Waals surface area (Å²) in [6.45, 7) is 0.0542. The number of ether oxygens (including phenoxy) is 2. The van der Waals surface area contributed by atoms with E-state index >= 15 is 0 Å². The molecule has 132 valence electrons. The first kappa shape index (κ1) is 18.0. The SMILES string of the molecule is N#C/C(=C/c1ccccc1)C(=O)OCc1cccc(Oc2ccccc2)c1. The lowest BCUT2D eigenvalue weighted by Crippen LogP contribution is -2.06. The third kappa shape index (κ3) is 5.32. The second-order valence-corrected chi connectivity index (χ2v) is 5.72. The Morgan fingerprint density at radius 1 is 0.889 bits per heavy atom. The largest absolute Gasteiger partial charge is 0.457 e. The molecule has 0 spiro atoms. The van der Waals surface area contributed by atoms with Crippen LogP contribution in [0.25, 0.3) is 6.08 Å². The predicted octanol–water partition coefficient (Wildman–Crippen LogP) is 5.13. The summed E-state index contributed by atoms with van der Waals surface area (Å²) in [5.41, 5.74) is 1.50. The minimum atomic E-state index is -0.657. The van der Waals surface area contributed by atoms with Crippen LogP contribution in [0.3, 0.4) is 0 Å². The third-order valence-electron chi connectivity index (χ3n) is 3.70. The first-order valence-electron chi connectivity index (χ1n) is 8.40. The smallest absolute Gasteiger partial charge is 0.349 e. The van der Waals surface area contributed by atoms with Gasteiger partial charge in [-0.3, -0.25) is 0 Å². The summed E-state index contributed by atoms with van der Waals surface area (Å²) in [7, 11) is 0. The highest BCUT2D eigenvalue weighted by Crippen LogP contribution is 2.22. The van der Waals surface area contributed by atoms with E-state index < -0.39 is 5.97 Å². The van der Waals surface area contributed by atoms with Gasteiger partial charge in [-0.1, -0.05) is 60.7 Å². The maximum atomic E-state index is 12.2. The van der Waals surface area contributed by atoms with Crippen molar-refractivity contribution in [2.75, 3.05) is 0 Å². The minimum Gasteiger partial charge on any atom is -0.457 e. The van der Waals surface area contributed by atoms with Crippen LogP contribution in [-0.2, 0) is 16.1 Å². The molecular formula is C23H17NO3. The topological polar surface area (TPSA) is 59.3 Å². The number of rotatable bonds is 6. The number of carbonyl (C=O) groups is 1. The number of carbonyl (C=O) groups excluding carboxylic acids is 1. The van der Waals surface area contributed by atoms with Crippen LogP contribution in [-0.4, -0.2) is 5.97 Å². The Hall–Kier alpha value is -3.84. The zero-order valence-corrected chi connectivity index (χ0v) is 14.5. The van der Waals surface area contributed by atoms with E-state index in [4.69, 9.17) is 9.47 Å². The molecule has 0 unspecified atom stereocenters. The van der Waals surface area contributed by atoms with Crippen molar-refractivity contribution in [3.8, 4) is 17.6 Å². The van der Waals surface area contributed by atoms with E-state index in [2.05, 4.69) is 0 Å². The molecule has 0 saturated heterocycles. The van der Waals surface area contributed by atoms with Gasteiger partial charge in [0.05, 0.1) is 0 Å². The van der Waals surface area contributed by atoms with E-state index in [1.54, 1.807) is 6.07 Å². The van der Waals surface area contributed by atoms with Crippen molar-refractivity contribution in [3.05, 3.63) is 102 Å². The molecule has 0 aliphatic carbocycles. The highest BCUT2D eigenvalue weighted by molar-refractivity contribution is 5.97. The van der Waals surface area contributed by atoms with Gasteiger partial charge in [-0.15, -0.1) is 0 Å². The van der Waals surface area contributed by atoms with Crippen molar-refractivity contribution >= 4 is 12.0 Å². The quantitative estimate of drug-likeness (QED) is 0.349. The molecule has 0 heterocycles. The van der Waals surface area contributed by atoms with Crippen LogP contribution >= 0.6 is 0 Å². The molecule has 4 nitrogen and oxygen atoms in total. The Morgan fingerprint density at radius 2 is 1.56 bits per heavy atom. The molecule has 0 fully saturated rings. The predicted molar refractivity (Wildman–Crippen MR) is 103 cm³/mol. The maximum absolute atomic E-state index is 12.2. The summed E-state index contributed by atoms with van der Waals surface area (Å²) in [6.07, 6.45) is 1.51. The van der Waals surface area contributed by atoms with E-state index in [0.29, 0.717) is 5.75 Å². The van der Waals surface area contributed by atoms with Gasteiger partial charge in [-0.25, -0.2) is 4.79 Å². The molecule has 0 radical (unpaired) electrons. The number of nitriles is 1. The number of nitrogens with zero attached hydrogens (tertiary/aromatic N) is 1. The summed E-state index contributed by atoms with van der Waals surface area (Å²) in [4.78, 5) is 12.2. The van der Waals surface area contributed by atoms with Crippen molar-refractivity contribution < 1.29 is 14.3 Å². The molecule has 3 rings (SSSR count). The zero-order valence-electron chi connectivity index (χ0n) is 14.5. The van der Waals surface area contributed by atoms with Crippen LogP contribution in [0.4, 0.5) is 0 Å². The first-order chi connectivity index (χ1) is 13.2. The Bertz CT molecular complexity index is 973. The normalized spacial score (nSPS) is 10.7. The Labute approximate surface area is 157 Å². The van der Waals surface area contributed by atoms with Gasteiger partial charge in [0.2, 0.25) is 0 Å². The molecule has 27 heavy (non-hydrogen) atoms. The van der Waals surface area contributed by atoms with Gasteiger partial charge in [0.1, 0.15) is 29.7 Å². The molecule has 3 aromatic rings. The first-order valence-corrected chi connectivity index (χ1v) is 8.40. The second-order valence-electron chi connectivity index (χ2n) is 5.72. The summed E-state index contributed by atoms with van der Waals surface area (Å²) in [5, 5.41) is 9.22. The van der Waals surface area contributed by atoms with Crippen LogP contribution in [0.15, 0.2) is 90.5 Å². The van der Waals surface area contributed by atoms with Gasteiger partial charge in [-0.05, 0) is 41.5 Å². The van der Waals surface area contributed by atoms with Crippen molar-refractivity contribution in [1.82, 2.24) is 0 Å². The van der Waals surface area contributed by atoms with Gasteiger partial charge < -0.3 is 9.47 Å². The molecule has 3 aromatic carbocycles. The number of benzene rings is 3. The average Bonchev–Trinajstić information content (AvgIpc) is 2.72. The van der Waals surface area contributed by atoms with Crippen molar-refractivity contribution in [2.24, 2.45) is 0 Å². The minimum absolute atomic E-state index is 0.0436. The lowest BCUT2D eigenvalue weighted by atomic mass is 10.1. The fourth-order valence-electron chi connectivity index (χ4n) is 2.40. The molecule has 0 bridgehead atoms. The fraction of sp³-hybridized carbons (Fsp3) is 0.0435. The van der Waals surface area contributed by atoms with Crippen LogP contribution in [0.1, 0.15) is 11.1 Å². The number of hydrogen-bond acceptors (Lipinski definition) is 4. The lowest BCUT2D eigenvalue weighted by molar-refractivity contribution is -0.139. The summed E-state index contributed by atoms with van der Waals surface area (Å²) >= 11 is 0. The molecule has 4 heteroatoms. The highest BCUT2D eigenvalue weighted by Gasteiger charge is 2.11. The molecule has 0 N–H and O–H groups in total. The van der Waals surface area contributed by atoms with Gasteiger partial charge in [0, 0.05) is 0 Å². The van der Waals surface area contributed by atoms with Crippen LogP contribution in [0.5, 0.6) is 11.5 Å². The van der Waals surface area contributed by atoms with Crippen molar-refractivity contribution in [1.29, 1.82) is 5.26 Å². The van der Waals surface area contributed by atoms with Crippen LogP contribution in [0, 0.1) is 11.3 Å². The van der Waals surface area contributed by atoms with E-state index in [1.807, 2.05) is 84.9 Å². The average molecular weight is 355 g/mol. The number of para-hydroxylation sites is 1. The monoisotopic (exact) mass is 355 g/mol. The van der Waals surface area contributed by atoms with E-state index in [-0.39, 0.29) is 12.2 Å². The molecular weight excluding hydrogens is 338 g/mol. The van der Waals surface area contributed by atoms with Gasteiger partial charge in [0.25, 0.3) is 0 Å². The van der Waals surface area contributed by atoms with Gasteiger partial charge >= 0.3 is 5.97 Å². The van der Waals surface area contributed by atoms with E-state index in [0.717, 1.165) is 16.9 Å². The zero-order chi connectivity index (χ0) is 18.9. The molecule has 0 aromatic heterocycles. The Balaban J connectivity index is 1.64. The Kier molecular flexibility index (Phi) is 6.00. The number of esters is 1. The summed E-state index contributed by atoms with van der Waals surface area (Å²) in [5.74, 6) is 0.718. The van der Waals surface area contributed by atoms with Crippen molar-refractivity contribution in [3.63, 3.8) is 0 Å². The molecule has 0 saturated carbocycles. The van der Waals surface area contributed by atoms with E-state index in [1.165, 1.54) is 6.08 Å². The van der Waals surface area contributed by atoms with Gasteiger partial charge in [-0.2, -0.15) is 5.26 Å². The summed E-state index contributed by atoms with van der Waals surface area (Å²) < 4.78 is 11.0. The molecule has 0 atom stereocenters. The standard InChI is InChI=1S/C23H17NO3/c24-16-20(14-18-8-3-1-4-9-18)23(25)26-17-19-10-7-13-22(15-19)27-21-11-5-2-6-12-21/h1-15H,17H2/b20-14-. The molecule has 0 amide bonds. The fourth-order valence-corrected chi connectivity index (χ4v) is 2.40.